The molecular formula is C23H25F2N7O. The number of nitrogens with one attached hydrogen (secondary N) is 2. The van der Waals surface area contributed by atoms with Gasteiger partial charge in [0.25, 0.3) is 0 Å². The Balaban J connectivity index is 1.48. The number of halogens is 2. The minimum Gasteiger partial charge on any atom is -0.366 e. The highest BCUT2D eigenvalue weighted by Crippen LogP contribution is 2.35. The zero-order chi connectivity index (χ0) is 23.4. The quantitative estimate of drug-likeness (QED) is 0.552. The lowest BCUT2D eigenvalue weighted by Crippen LogP contribution is -2.58. The van der Waals surface area contributed by atoms with E-state index in [-0.39, 0.29) is 17.8 Å². The number of benzene rings is 1. The van der Waals surface area contributed by atoms with E-state index < -0.39 is 23.6 Å². The molecule has 1 fully saturated rings. The highest BCUT2D eigenvalue weighted by molar-refractivity contribution is 5.94. The normalized spacial score (nSPS) is 20.2. The molecule has 10 heteroatoms. The van der Waals surface area contributed by atoms with Crippen molar-refractivity contribution < 1.29 is 13.6 Å². The molecule has 0 bridgehead atoms. The summed E-state index contributed by atoms with van der Waals surface area (Å²) in [7, 11) is 0. The summed E-state index contributed by atoms with van der Waals surface area (Å²) in [6.45, 7) is 2.02. The van der Waals surface area contributed by atoms with Crippen LogP contribution in [0.25, 0.3) is 0 Å². The van der Waals surface area contributed by atoms with Crippen LogP contribution >= 0.6 is 0 Å². The van der Waals surface area contributed by atoms with Crippen molar-refractivity contribution in [2.75, 3.05) is 18.4 Å². The first kappa shape index (κ1) is 22.6. The number of nitrogens with zero attached hydrogens (tertiary/aromatic N) is 4. The van der Waals surface area contributed by atoms with Gasteiger partial charge in [0, 0.05) is 43.8 Å². The third-order valence-corrected chi connectivity index (χ3v) is 6.17. The Morgan fingerprint density at radius 1 is 1.30 bits per heavy atom. The van der Waals surface area contributed by atoms with E-state index in [1.807, 2.05) is 6.07 Å². The zero-order valence-corrected chi connectivity index (χ0v) is 18.0. The van der Waals surface area contributed by atoms with Gasteiger partial charge in [-0.25, -0.2) is 14.8 Å². The highest BCUT2D eigenvalue weighted by atomic mass is 19.1. The summed E-state index contributed by atoms with van der Waals surface area (Å²) in [5.41, 5.74) is 9.89. The number of nitrogens with two attached hydrogens (primary N) is 1. The Bertz CT molecular complexity index is 1090. The van der Waals surface area contributed by atoms with Gasteiger partial charge in [-0.3, -0.25) is 9.69 Å². The molecule has 33 heavy (non-hydrogen) atoms. The summed E-state index contributed by atoms with van der Waals surface area (Å²) in [5, 5.41) is 14.4. The number of hydrogen-bond acceptors (Lipinski definition) is 7. The van der Waals surface area contributed by atoms with Gasteiger partial charge < -0.3 is 16.1 Å². The number of anilines is 1. The Morgan fingerprint density at radius 3 is 2.76 bits per heavy atom. The Hall–Kier alpha value is -3.55. The van der Waals surface area contributed by atoms with Gasteiger partial charge in [-0.1, -0.05) is 12.1 Å². The lowest BCUT2D eigenvalue weighted by Gasteiger charge is -2.46. The number of hydrogen-bond donors (Lipinski definition) is 3. The third-order valence-electron chi connectivity index (χ3n) is 6.17. The lowest BCUT2D eigenvalue weighted by molar-refractivity contribution is -0.114. The number of piperidine rings is 1. The predicted octanol–water partition coefficient (Wildman–Crippen LogP) is 2.24. The van der Waals surface area contributed by atoms with Crippen molar-refractivity contribution in [3.05, 3.63) is 71.7 Å². The molecule has 2 aliphatic rings. The number of hydrazine groups is 1. The van der Waals surface area contributed by atoms with E-state index in [9.17, 15) is 18.8 Å². The SMILES string of the molecule is N#CCC1(N2C=C(C(N)=O)C(Nc3ccnc(F)c3)N2)CCN(Cc2cccc(F)c2)CC1. The van der Waals surface area contributed by atoms with Gasteiger partial charge in [-0.05, 0) is 36.6 Å². The summed E-state index contributed by atoms with van der Waals surface area (Å²) in [5.74, 6) is -1.53. The van der Waals surface area contributed by atoms with Crippen LogP contribution in [0.1, 0.15) is 24.8 Å². The molecule has 1 amide bonds. The summed E-state index contributed by atoms with van der Waals surface area (Å²) in [6.07, 6.45) is 3.84. The highest BCUT2D eigenvalue weighted by Gasteiger charge is 2.43. The van der Waals surface area contributed by atoms with Crippen molar-refractivity contribution in [1.29, 1.82) is 5.26 Å². The number of likely N-dealkylation sites (tertiary alicyclic amines) is 1. The molecule has 3 heterocycles. The first-order valence-corrected chi connectivity index (χ1v) is 10.7. The maximum atomic E-state index is 13.5. The van der Waals surface area contributed by atoms with Gasteiger partial charge in [-0.2, -0.15) is 9.65 Å². The van der Waals surface area contributed by atoms with E-state index in [4.69, 9.17) is 5.73 Å². The molecule has 0 saturated carbocycles. The van der Waals surface area contributed by atoms with E-state index in [1.165, 1.54) is 24.4 Å². The largest absolute Gasteiger partial charge is 0.366 e. The number of carbonyl (C=O) groups excluding carboxylic acids is 1. The number of amides is 1. The molecule has 1 saturated heterocycles. The standard InChI is InChI=1S/C23H25F2N7O/c24-17-3-1-2-16(12-17)14-31-10-6-23(5-8-26,7-11-31)32-15-19(21(27)33)22(30-32)29-18-4-9-28-20(25)13-18/h1-4,9,12-13,15,22,30H,5-7,10-11,14H2,(H2,27,33)(H,28,29). The second-order valence-electron chi connectivity index (χ2n) is 8.36. The minimum atomic E-state index is -0.676. The van der Waals surface area contributed by atoms with Crippen molar-refractivity contribution in [1.82, 2.24) is 20.3 Å². The minimum absolute atomic E-state index is 0.243. The third kappa shape index (κ3) is 5.10. The summed E-state index contributed by atoms with van der Waals surface area (Å²) in [4.78, 5) is 17.8. The molecule has 172 valence electrons. The van der Waals surface area contributed by atoms with Crippen LogP contribution in [0, 0.1) is 23.1 Å². The number of primary amides is 1. The van der Waals surface area contributed by atoms with E-state index in [0.29, 0.717) is 38.2 Å². The van der Waals surface area contributed by atoms with E-state index >= 15 is 0 Å². The number of rotatable bonds is 7. The molecule has 1 atom stereocenters. The molecule has 2 aliphatic heterocycles. The van der Waals surface area contributed by atoms with Gasteiger partial charge in [0.1, 0.15) is 12.0 Å². The number of carbonyl (C=O) groups is 1. The fourth-order valence-corrected chi connectivity index (χ4v) is 4.38. The summed E-state index contributed by atoms with van der Waals surface area (Å²) < 4.78 is 27.0. The Labute approximate surface area is 190 Å². The Kier molecular flexibility index (Phi) is 6.53. The maximum Gasteiger partial charge on any atom is 0.249 e. The van der Waals surface area contributed by atoms with Crippen molar-refractivity contribution in [3.8, 4) is 6.07 Å². The summed E-state index contributed by atoms with van der Waals surface area (Å²) in [6, 6.07) is 11.6. The topological polar surface area (TPSA) is 110 Å². The molecule has 0 spiro atoms. The van der Waals surface area contributed by atoms with Crippen molar-refractivity contribution in [2.45, 2.75) is 37.5 Å². The average Bonchev–Trinajstić information content (AvgIpc) is 3.20. The van der Waals surface area contributed by atoms with Gasteiger partial charge in [0.15, 0.2) is 0 Å². The monoisotopic (exact) mass is 453 g/mol. The van der Waals surface area contributed by atoms with Gasteiger partial charge in [0.2, 0.25) is 11.9 Å². The van der Waals surface area contributed by atoms with Gasteiger partial charge in [-0.15, -0.1) is 0 Å². The van der Waals surface area contributed by atoms with Crippen molar-refractivity contribution in [2.24, 2.45) is 5.73 Å². The number of pyridine rings is 1. The van der Waals surface area contributed by atoms with Crippen LogP contribution < -0.4 is 16.5 Å². The van der Waals surface area contributed by atoms with Crippen molar-refractivity contribution in [3.63, 3.8) is 0 Å². The fraction of sp³-hybridized carbons (Fsp3) is 0.348. The molecule has 4 rings (SSSR count). The van der Waals surface area contributed by atoms with Crippen molar-refractivity contribution >= 4 is 11.6 Å². The predicted molar refractivity (Wildman–Crippen MR) is 118 cm³/mol. The fourth-order valence-electron chi connectivity index (χ4n) is 4.38. The molecule has 8 nitrogen and oxygen atoms in total. The molecule has 1 aromatic heterocycles. The Morgan fingerprint density at radius 2 is 2.09 bits per heavy atom. The van der Waals surface area contributed by atoms with Crippen LogP contribution in [0.3, 0.4) is 0 Å². The van der Waals surface area contributed by atoms with Crippen LogP contribution in [-0.2, 0) is 11.3 Å². The molecule has 2 aromatic rings. The lowest BCUT2D eigenvalue weighted by atomic mass is 9.84. The second-order valence-corrected chi connectivity index (χ2v) is 8.36. The molecule has 1 unspecified atom stereocenters. The van der Waals surface area contributed by atoms with Crippen LogP contribution in [0.15, 0.2) is 54.4 Å². The van der Waals surface area contributed by atoms with Gasteiger partial charge in [0.05, 0.1) is 23.6 Å². The number of aromatic nitrogens is 1. The number of nitriles is 1. The molecule has 0 aliphatic carbocycles. The smallest absolute Gasteiger partial charge is 0.249 e. The van der Waals surface area contributed by atoms with E-state index in [1.54, 1.807) is 23.3 Å². The first-order valence-electron chi connectivity index (χ1n) is 10.7. The van der Waals surface area contributed by atoms with E-state index in [0.717, 1.165) is 5.56 Å². The maximum absolute atomic E-state index is 13.5. The molecule has 0 radical (unpaired) electrons. The van der Waals surface area contributed by atoms with Crippen LogP contribution in [-0.4, -0.2) is 45.6 Å². The first-order chi connectivity index (χ1) is 15.9. The average molecular weight is 453 g/mol. The molecule has 1 aromatic carbocycles. The van der Waals surface area contributed by atoms with Crippen LogP contribution in [0.5, 0.6) is 0 Å². The zero-order valence-electron chi connectivity index (χ0n) is 18.0. The van der Waals surface area contributed by atoms with Gasteiger partial charge >= 0.3 is 0 Å². The summed E-state index contributed by atoms with van der Waals surface area (Å²) >= 11 is 0. The molecule has 4 N–H and O–H groups in total. The van der Waals surface area contributed by atoms with Crippen LogP contribution in [0.2, 0.25) is 0 Å². The van der Waals surface area contributed by atoms with Crippen LogP contribution in [0.4, 0.5) is 14.5 Å². The molecular weight excluding hydrogens is 428 g/mol. The second kappa shape index (κ2) is 9.52. The van der Waals surface area contributed by atoms with E-state index in [2.05, 4.69) is 26.7 Å².